The van der Waals surface area contributed by atoms with Crippen LogP contribution in [0.1, 0.15) is 0 Å². The summed E-state index contributed by atoms with van der Waals surface area (Å²) in [6.07, 6.45) is 0. The van der Waals surface area contributed by atoms with Crippen molar-refractivity contribution >= 4 is 74.6 Å². The van der Waals surface area contributed by atoms with Gasteiger partial charge >= 0.3 is 0 Å². The molecular weight excluding hydrogens is 488 g/mol. The molecule has 0 amide bonds. The van der Waals surface area contributed by atoms with Crippen LogP contribution in [0.2, 0.25) is 0 Å². The molecule has 0 fully saturated rings. The van der Waals surface area contributed by atoms with E-state index in [0.29, 0.717) is 0 Å². The van der Waals surface area contributed by atoms with Gasteiger partial charge in [0.05, 0.1) is 0 Å². The maximum Gasteiger partial charge on any atom is 0.0433 e. The second kappa shape index (κ2) is 7.89. The first-order valence-electron chi connectivity index (χ1n) is 13.4. The van der Waals surface area contributed by atoms with E-state index in [0.717, 1.165) is 0 Å². The molecule has 180 valence electrons. The summed E-state index contributed by atoms with van der Waals surface area (Å²) in [5.74, 6) is 0. The minimum absolute atomic E-state index is 1.26. The summed E-state index contributed by atoms with van der Waals surface area (Å²) in [6, 6.07) is 49.6. The topological polar surface area (TPSA) is 0 Å². The van der Waals surface area contributed by atoms with E-state index in [9.17, 15) is 0 Å². The molecule has 39 heavy (non-hydrogen) atoms. The summed E-state index contributed by atoms with van der Waals surface area (Å²) >= 11 is 1.89. The second-order valence-corrected chi connectivity index (χ2v) is 11.6. The Morgan fingerprint density at radius 2 is 1.00 bits per heavy atom. The molecule has 0 aliphatic rings. The van der Waals surface area contributed by atoms with Crippen LogP contribution in [0.3, 0.4) is 0 Å². The molecule has 0 aliphatic carbocycles. The van der Waals surface area contributed by atoms with Crippen molar-refractivity contribution in [1.29, 1.82) is 0 Å². The third-order valence-corrected chi connectivity index (χ3v) is 9.62. The van der Waals surface area contributed by atoms with Gasteiger partial charge in [-0.2, -0.15) is 0 Å². The standard InChI is InChI=1S/C38H22S/c1-2-10-35-32(7-1)34-9-4-8-31(38(34)39-35)28-16-12-23-11-15-27(21-29(23)22-28)30-19-17-26-14-13-24-5-3-6-25-18-20-33(30)37(26)36(24)25/h1-22H. The Kier molecular flexibility index (Phi) is 4.30. The van der Waals surface area contributed by atoms with Gasteiger partial charge in [0.1, 0.15) is 0 Å². The lowest BCUT2D eigenvalue weighted by Gasteiger charge is -2.14. The fourth-order valence-corrected chi connectivity index (χ4v) is 7.78. The maximum absolute atomic E-state index is 2.37. The van der Waals surface area contributed by atoms with Crippen LogP contribution in [0, 0.1) is 0 Å². The van der Waals surface area contributed by atoms with Gasteiger partial charge in [-0.1, -0.05) is 115 Å². The van der Waals surface area contributed by atoms with Crippen molar-refractivity contribution in [1.82, 2.24) is 0 Å². The largest absolute Gasteiger partial charge is 0.135 e. The molecule has 0 bridgehead atoms. The molecule has 1 heterocycles. The number of benzene rings is 8. The highest BCUT2D eigenvalue weighted by Crippen LogP contribution is 2.42. The van der Waals surface area contributed by atoms with Gasteiger partial charge in [0.2, 0.25) is 0 Å². The van der Waals surface area contributed by atoms with Gasteiger partial charge < -0.3 is 0 Å². The third-order valence-electron chi connectivity index (χ3n) is 8.40. The third kappa shape index (κ3) is 3.05. The van der Waals surface area contributed by atoms with Crippen molar-refractivity contribution in [3.05, 3.63) is 133 Å². The first kappa shape index (κ1) is 21.2. The van der Waals surface area contributed by atoms with Gasteiger partial charge in [0.15, 0.2) is 0 Å². The first-order chi connectivity index (χ1) is 19.3. The van der Waals surface area contributed by atoms with Crippen LogP contribution < -0.4 is 0 Å². The minimum Gasteiger partial charge on any atom is -0.135 e. The monoisotopic (exact) mass is 510 g/mol. The molecule has 0 unspecified atom stereocenters. The molecule has 9 rings (SSSR count). The Balaban J connectivity index is 1.25. The molecule has 0 saturated carbocycles. The van der Waals surface area contributed by atoms with E-state index >= 15 is 0 Å². The Bertz CT molecular complexity index is 2370. The molecule has 0 aliphatic heterocycles. The zero-order chi connectivity index (χ0) is 25.5. The molecule has 1 aromatic heterocycles. The molecule has 0 N–H and O–H groups in total. The van der Waals surface area contributed by atoms with Crippen molar-refractivity contribution in [2.24, 2.45) is 0 Å². The SMILES string of the molecule is c1cc2ccc3ccc(-c4ccc5ccc(-c6cccc7c6sc6ccccc67)cc5c4)c4ccc(c1)c2c34. The van der Waals surface area contributed by atoms with Crippen LogP contribution >= 0.6 is 11.3 Å². The van der Waals surface area contributed by atoms with E-state index < -0.39 is 0 Å². The van der Waals surface area contributed by atoms with Gasteiger partial charge in [-0.3, -0.25) is 0 Å². The molecule has 0 spiro atoms. The predicted molar refractivity (Wildman–Crippen MR) is 171 cm³/mol. The molecule has 0 radical (unpaired) electrons. The normalized spacial score (nSPS) is 12.1. The highest BCUT2D eigenvalue weighted by atomic mass is 32.1. The van der Waals surface area contributed by atoms with Crippen molar-refractivity contribution < 1.29 is 0 Å². The lowest BCUT2D eigenvalue weighted by molar-refractivity contribution is 1.68. The summed E-state index contributed by atoms with van der Waals surface area (Å²) < 4.78 is 2.71. The van der Waals surface area contributed by atoms with Gasteiger partial charge in [-0.15, -0.1) is 11.3 Å². The highest BCUT2D eigenvalue weighted by molar-refractivity contribution is 7.26. The number of thiophene rings is 1. The molecule has 0 atom stereocenters. The average molecular weight is 511 g/mol. The van der Waals surface area contributed by atoms with E-state index in [4.69, 9.17) is 0 Å². The number of hydrogen-bond donors (Lipinski definition) is 0. The maximum atomic E-state index is 2.37. The summed E-state index contributed by atoms with van der Waals surface area (Å²) in [5, 5.41) is 13.2. The van der Waals surface area contributed by atoms with E-state index in [1.54, 1.807) is 0 Å². The van der Waals surface area contributed by atoms with Gasteiger partial charge in [0.25, 0.3) is 0 Å². The summed E-state index contributed by atoms with van der Waals surface area (Å²) in [7, 11) is 0. The van der Waals surface area contributed by atoms with Crippen LogP contribution in [-0.4, -0.2) is 0 Å². The summed E-state index contributed by atoms with van der Waals surface area (Å²) in [6.45, 7) is 0. The van der Waals surface area contributed by atoms with Crippen molar-refractivity contribution in [2.45, 2.75) is 0 Å². The first-order valence-corrected chi connectivity index (χ1v) is 14.2. The van der Waals surface area contributed by atoms with Crippen LogP contribution in [0.5, 0.6) is 0 Å². The van der Waals surface area contributed by atoms with Gasteiger partial charge in [-0.05, 0) is 83.5 Å². The zero-order valence-corrected chi connectivity index (χ0v) is 21.9. The average Bonchev–Trinajstić information content (AvgIpc) is 3.38. The Morgan fingerprint density at radius 1 is 0.359 bits per heavy atom. The highest BCUT2D eigenvalue weighted by Gasteiger charge is 2.14. The van der Waals surface area contributed by atoms with E-state index in [2.05, 4.69) is 133 Å². The quantitative estimate of drug-likeness (QED) is 0.203. The molecule has 8 aromatic carbocycles. The van der Waals surface area contributed by atoms with Crippen molar-refractivity contribution in [3.63, 3.8) is 0 Å². The lowest BCUT2D eigenvalue weighted by atomic mass is 9.89. The second-order valence-electron chi connectivity index (χ2n) is 10.5. The van der Waals surface area contributed by atoms with Gasteiger partial charge in [0, 0.05) is 20.2 Å². The smallest absolute Gasteiger partial charge is 0.0433 e. The Labute approximate surface area is 229 Å². The van der Waals surface area contributed by atoms with E-state index in [-0.39, 0.29) is 0 Å². The molecule has 1 heteroatoms. The minimum atomic E-state index is 1.26. The number of fused-ring (bicyclic) bond motifs is 4. The van der Waals surface area contributed by atoms with Crippen LogP contribution in [-0.2, 0) is 0 Å². The molecule has 9 aromatic rings. The lowest BCUT2D eigenvalue weighted by Crippen LogP contribution is -1.87. The van der Waals surface area contributed by atoms with Crippen LogP contribution in [0.4, 0.5) is 0 Å². The fraction of sp³-hybridized carbons (Fsp3) is 0. The zero-order valence-electron chi connectivity index (χ0n) is 21.1. The van der Waals surface area contributed by atoms with Crippen molar-refractivity contribution in [2.75, 3.05) is 0 Å². The molecule has 0 saturated heterocycles. The number of hydrogen-bond acceptors (Lipinski definition) is 1. The van der Waals surface area contributed by atoms with Crippen LogP contribution in [0.25, 0.3) is 85.5 Å². The predicted octanol–water partition coefficient (Wildman–Crippen LogP) is 11.4. The molecule has 0 nitrogen and oxygen atoms in total. The number of rotatable bonds is 2. The Morgan fingerprint density at radius 3 is 1.85 bits per heavy atom. The van der Waals surface area contributed by atoms with Crippen LogP contribution in [0.15, 0.2) is 133 Å². The van der Waals surface area contributed by atoms with E-state index in [1.165, 1.54) is 85.5 Å². The fourth-order valence-electron chi connectivity index (χ4n) is 6.54. The van der Waals surface area contributed by atoms with E-state index in [1.807, 2.05) is 11.3 Å². The van der Waals surface area contributed by atoms with Gasteiger partial charge in [-0.25, -0.2) is 0 Å². The van der Waals surface area contributed by atoms with Crippen molar-refractivity contribution in [3.8, 4) is 22.3 Å². The summed E-state index contributed by atoms with van der Waals surface area (Å²) in [4.78, 5) is 0. The summed E-state index contributed by atoms with van der Waals surface area (Å²) in [5.41, 5.74) is 5.13. The molecular formula is C38H22S. The Hall–Kier alpha value is -4.72.